The molecule has 2 nitrogen and oxygen atoms in total. The van der Waals surface area contributed by atoms with E-state index in [9.17, 15) is 0 Å². The molecule has 0 atom stereocenters. The smallest absolute Gasteiger partial charge is 0.0458 e. The van der Waals surface area contributed by atoms with Gasteiger partial charge in [-0.05, 0) is 56.6 Å². The number of halogens is 1. The Morgan fingerprint density at radius 3 is 2.40 bits per heavy atom. The Hall–Kier alpha value is -1.51. The summed E-state index contributed by atoms with van der Waals surface area (Å²) in [5, 5.41) is 0.756. The molecule has 0 saturated heterocycles. The largest absolute Gasteiger partial charge is 0.342 e. The molecular weight excluding hydrogens is 268 g/mol. The zero-order valence-electron chi connectivity index (χ0n) is 12.1. The number of hydrogen-bond donors (Lipinski definition) is 1. The molecule has 3 heteroatoms. The van der Waals surface area contributed by atoms with Crippen molar-refractivity contribution in [3.63, 3.8) is 0 Å². The Bertz CT molecular complexity index is 564. The Labute approximate surface area is 126 Å². The van der Waals surface area contributed by atoms with Crippen molar-refractivity contribution in [3.05, 3.63) is 58.6 Å². The third-order valence-electron chi connectivity index (χ3n) is 3.41. The summed E-state index contributed by atoms with van der Waals surface area (Å²) in [6.45, 7) is 5.77. The molecule has 2 rings (SSSR count). The molecule has 2 aromatic rings. The highest BCUT2D eigenvalue weighted by Crippen LogP contribution is 2.31. The molecule has 2 aromatic carbocycles. The van der Waals surface area contributed by atoms with Gasteiger partial charge in [0.1, 0.15) is 0 Å². The van der Waals surface area contributed by atoms with Gasteiger partial charge in [-0.25, -0.2) is 0 Å². The van der Waals surface area contributed by atoms with Crippen LogP contribution in [0.4, 0.5) is 11.4 Å². The molecule has 0 aromatic heterocycles. The van der Waals surface area contributed by atoms with Crippen LogP contribution < -0.4 is 10.6 Å². The first-order valence-corrected chi connectivity index (χ1v) is 7.36. The van der Waals surface area contributed by atoms with Crippen molar-refractivity contribution < 1.29 is 0 Å². The predicted octanol–water partition coefficient (Wildman–Crippen LogP) is 4.31. The van der Waals surface area contributed by atoms with Gasteiger partial charge in [0, 0.05) is 22.9 Å². The Kier molecular flexibility index (Phi) is 5.05. The summed E-state index contributed by atoms with van der Waals surface area (Å²) in [6, 6.07) is 14.6. The van der Waals surface area contributed by atoms with Crippen LogP contribution in [0.15, 0.2) is 42.5 Å². The van der Waals surface area contributed by atoms with E-state index in [2.05, 4.69) is 49.1 Å². The van der Waals surface area contributed by atoms with Gasteiger partial charge in [-0.2, -0.15) is 0 Å². The SMILES string of the molecule is CCN(c1ccc(C)cc1)c1cc(Cl)ccc1CCN. The molecule has 0 saturated carbocycles. The van der Waals surface area contributed by atoms with Gasteiger partial charge in [-0.15, -0.1) is 0 Å². The zero-order valence-corrected chi connectivity index (χ0v) is 12.8. The molecule has 0 heterocycles. The minimum absolute atomic E-state index is 0.639. The Balaban J connectivity index is 2.45. The van der Waals surface area contributed by atoms with Crippen LogP contribution in [0.5, 0.6) is 0 Å². The third kappa shape index (κ3) is 3.33. The number of anilines is 2. The van der Waals surface area contributed by atoms with E-state index in [1.165, 1.54) is 16.8 Å². The summed E-state index contributed by atoms with van der Waals surface area (Å²) < 4.78 is 0. The highest BCUT2D eigenvalue weighted by atomic mass is 35.5. The van der Waals surface area contributed by atoms with Crippen LogP contribution in [-0.2, 0) is 6.42 Å². The molecule has 0 amide bonds. The van der Waals surface area contributed by atoms with Gasteiger partial charge >= 0.3 is 0 Å². The average Bonchev–Trinajstić information content (AvgIpc) is 2.45. The molecule has 0 bridgehead atoms. The summed E-state index contributed by atoms with van der Waals surface area (Å²) >= 11 is 6.17. The fourth-order valence-electron chi connectivity index (χ4n) is 2.37. The zero-order chi connectivity index (χ0) is 14.5. The second kappa shape index (κ2) is 6.78. The summed E-state index contributed by atoms with van der Waals surface area (Å²) in [5.41, 5.74) is 10.5. The molecule has 0 fully saturated rings. The Morgan fingerprint density at radius 1 is 1.10 bits per heavy atom. The molecule has 0 radical (unpaired) electrons. The van der Waals surface area contributed by atoms with Crippen LogP contribution in [0.3, 0.4) is 0 Å². The fourth-order valence-corrected chi connectivity index (χ4v) is 2.54. The lowest BCUT2D eigenvalue weighted by molar-refractivity contribution is 0.942. The monoisotopic (exact) mass is 288 g/mol. The molecule has 0 spiro atoms. The van der Waals surface area contributed by atoms with Crippen molar-refractivity contribution in [2.75, 3.05) is 18.0 Å². The number of benzene rings is 2. The van der Waals surface area contributed by atoms with Gasteiger partial charge < -0.3 is 10.6 Å². The van der Waals surface area contributed by atoms with E-state index in [4.69, 9.17) is 17.3 Å². The molecular formula is C17H21ClN2. The van der Waals surface area contributed by atoms with E-state index in [0.29, 0.717) is 6.54 Å². The minimum atomic E-state index is 0.639. The van der Waals surface area contributed by atoms with E-state index in [1.807, 2.05) is 12.1 Å². The minimum Gasteiger partial charge on any atom is -0.342 e. The number of aryl methyl sites for hydroxylation is 1. The first-order chi connectivity index (χ1) is 9.65. The highest BCUT2D eigenvalue weighted by molar-refractivity contribution is 6.30. The highest BCUT2D eigenvalue weighted by Gasteiger charge is 2.12. The predicted molar refractivity (Wildman–Crippen MR) is 88.1 cm³/mol. The van der Waals surface area contributed by atoms with Crippen LogP contribution in [-0.4, -0.2) is 13.1 Å². The van der Waals surface area contributed by atoms with Crippen molar-refractivity contribution >= 4 is 23.0 Å². The van der Waals surface area contributed by atoms with Crippen LogP contribution >= 0.6 is 11.6 Å². The van der Waals surface area contributed by atoms with Gasteiger partial charge in [0.25, 0.3) is 0 Å². The van der Waals surface area contributed by atoms with Gasteiger partial charge in [0.15, 0.2) is 0 Å². The van der Waals surface area contributed by atoms with Crippen LogP contribution in [0.1, 0.15) is 18.1 Å². The maximum atomic E-state index is 6.17. The number of hydrogen-bond acceptors (Lipinski definition) is 2. The van der Waals surface area contributed by atoms with Gasteiger partial charge in [0.2, 0.25) is 0 Å². The maximum Gasteiger partial charge on any atom is 0.0458 e. The first-order valence-electron chi connectivity index (χ1n) is 6.98. The van der Waals surface area contributed by atoms with Crippen molar-refractivity contribution in [1.82, 2.24) is 0 Å². The molecule has 0 aliphatic carbocycles. The topological polar surface area (TPSA) is 29.3 Å². The summed E-state index contributed by atoms with van der Waals surface area (Å²) in [5.74, 6) is 0. The lowest BCUT2D eigenvalue weighted by atomic mass is 10.1. The van der Waals surface area contributed by atoms with Crippen LogP contribution in [0.2, 0.25) is 5.02 Å². The lowest BCUT2D eigenvalue weighted by Crippen LogP contribution is -2.18. The standard InChI is InChI=1S/C17H21ClN2/c1-3-20(16-8-4-13(2)5-9-16)17-12-15(18)7-6-14(17)10-11-19/h4-9,12H,3,10-11,19H2,1-2H3. The second-order valence-electron chi connectivity index (χ2n) is 4.89. The second-order valence-corrected chi connectivity index (χ2v) is 5.33. The van der Waals surface area contributed by atoms with E-state index in [-0.39, 0.29) is 0 Å². The third-order valence-corrected chi connectivity index (χ3v) is 3.65. The first kappa shape index (κ1) is 14.9. The molecule has 20 heavy (non-hydrogen) atoms. The van der Waals surface area contributed by atoms with Crippen molar-refractivity contribution in [3.8, 4) is 0 Å². The maximum absolute atomic E-state index is 6.17. The molecule has 2 N–H and O–H groups in total. The van der Waals surface area contributed by atoms with Crippen molar-refractivity contribution in [2.24, 2.45) is 5.73 Å². The van der Waals surface area contributed by atoms with Crippen LogP contribution in [0, 0.1) is 6.92 Å². The number of nitrogens with two attached hydrogens (primary N) is 1. The van der Waals surface area contributed by atoms with Crippen molar-refractivity contribution in [1.29, 1.82) is 0 Å². The molecule has 0 unspecified atom stereocenters. The lowest BCUT2D eigenvalue weighted by Gasteiger charge is -2.26. The van der Waals surface area contributed by atoms with Gasteiger partial charge in [0.05, 0.1) is 0 Å². The van der Waals surface area contributed by atoms with E-state index in [0.717, 1.165) is 23.7 Å². The summed E-state index contributed by atoms with van der Waals surface area (Å²) in [4.78, 5) is 2.27. The summed E-state index contributed by atoms with van der Waals surface area (Å²) in [7, 11) is 0. The van der Waals surface area contributed by atoms with Gasteiger partial charge in [-0.1, -0.05) is 35.4 Å². The number of nitrogens with zero attached hydrogens (tertiary/aromatic N) is 1. The molecule has 0 aliphatic rings. The fraction of sp³-hybridized carbons (Fsp3) is 0.294. The van der Waals surface area contributed by atoms with E-state index in [1.54, 1.807) is 0 Å². The molecule has 0 aliphatic heterocycles. The van der Waals surface area contributed by atoms with E-state index < -0.39 is 0 Å². The Morgan fingerprint density at radius 2 is 1.80 bits per heavy atom. The summed E-state index contributed by atoms with van der Waals surface area (Å²) in [6.07, 6.45) is 0.856. The average molecular weight is 289 g/mol. The van der Waals surface area contributed by atoms with Gasteiger partial charge in [-0.3, -0.25) is 0 Å². The van der Waals surface area contributed by atoms with Crippen molar-refractivity contribution in [2.45, 2.75) is 20.3 Å². The van der Waals surface area contributed by atoms with Crippen LogP contribution in [0.25, 0.3) is 0 Å². The molecule has 106 valence electrons. The quantitative estimate of drug-likeness (QED) is 0.888. The van der Waals surface area contributed by atoms with E-state index >= 15 is 0 Å². The normalized spacial score (nSPS) is 10.6. The number of rotatable bonds is 5.